The van der Waals surface area contributed by atoms with Crippen LogP contribution in [-0.2, 0) is 0 Å². The van der Waals surface area contributed by atoms with Crippen LogP contribution in [0.3, 0.4) is 0 Å². The van der Waals surface area contributed by atoms with Crippen molar-refractivity contribution < 1.29 is 0 Å². The second-order valence-corrected chi connectivity index (χ2v) is 13.0. The summed E-state index contributed by atoms with van der Waals surface area (Å²) in [6, 6.07) is 36.8. The first-order chi connectivity index (χ1) is 18.4. The van der Waals surface area contributed by atoms with Gasteiger partial charge in [0.05, 0.1) is 12.1 Å². The Morgan fingerprint density at radius 1 is 0.579 bits per heavy atom. The van der Waals surface area contributed by atoms with Crippen LogP contribution in [0, 0.1) is 10.8 Å². The fourth-order valence-corrected chi connectivity index (χ4v) is 8.18. The third-order valence-electron chi connectivity index (χ3n) is 9.25. The van der Waals surface area contributed by atoms with Crippen molar-refractivity contribution in [3.63, 3.8) is 0 Å². The number of benzene rings is 4. The Labute approximate surface area is 227 Å². The van der Waals surface area contributed by atoms with Crippen molar-refractivity contribution in [2.24, 2.45) is 10.8 Å². The van der Waals surface area contributed by atoms with Crippen LogP contribution >= 0.6 is 0 Å². The first-order valence-electron chi connectivity index (χ1n) is 14.3. The van der Waals surface area contributed by atoms with Gasteiger partial charge in [0.2, 0.25) is 0 Å². The molecule has 0 aliphatic heterocycles. The number of rotatable bonds is 5. The third-order valence-corrected chi connectivity index (χ3v) is 9.25. The van der Waals surface area contributed by atoms with Gasteiger partial charge in [-0.2, -0.15) is 0 Å². The molecule has 38 heavy (non-hydrogen) atoms. The summed E-state index contributed by atoms with van der Waals surface area (Å²) < 4.78 is 0. The lowest BCUT2D eigenvalue weighted by molar-refractivity contribution is 0.0664. The van der Waals surface area contributed by atoms with E-state index in [2.05, 4.69) is 128 Å². The molecule has 1 saturated carbocycles. The third kappa shape index (κ3) is 4.02. The van der Waals surface area contributed by atoms with E-state index in [4.69, 9.17) is 0 Å². The van der Waals surface area contributed by atoms with Crippen molar-refractivity contribution in [1.82, 2.24) is 10.6 Å². The van der Waals surface area contributed by atoms with Crippen LogP contribution < -0.4 is 10.6 Å². The molecular weight excluding hydrogens is 460 g/mol. The molecule has 0 amide bonds. The van der Waals surface area contributed by atoms with E-state index in [-0.39, 0.29) is 22.9 Å². The Balaban J connectivity index is 1.14. The summed E-state index contributed by atoms with van der Waals surface area (Å²) in [5, 5.41) is 8.23. The van der Waals surface area contributed by atoms with E-state index in [1.165, 1.54) is 63.8 Å². The van der Waals surface area contributed by atoms with Gasteiger partial charge in [0.1, 0.15) is 0 Å². The maximum atomic E-state index is 4.17. The van der Waals surface area contributed by atoms with Gasteiger partial charge >= 0.3 is 0 Å². The van der Waals surface area contributed by atoms with Gasteiger partial charge in [-0.3, -0.25) is 0 Å². The van der Waals surface area contributed by atoms with Gasteiger partial charge < -0.3 is 10.6 Å². The number of fused-ring (bicyclic) bond motifs is 6. The van der Waals surface area contributed by atoms with Crippen LogP contribution in [0.25, 0.3) is 22.3 Å². The molecule has 0 aromatic heterocycles. The monoisotopic (exact) mass is 498 g/mol. The number of hydrogen-bond acceptors (Lipinski definition) is 2. The van der Waals surface area contributed by atoms with Crippen molar-refractivity contribution in [3.05, 3.63) is 119 Å². The predicted molar refractivity (Wildman–Crippen MR) is 158 cm³/mol. The molecule has 7 rings (SSSR count). The Morgan fingerprint density at radius 3 is 1.47 bits per heavy atom. The van der Waals surface area contributed by atoms with Crippen LogP contribution in [-0.4, -0.2) is 12.6 Å². The van der Waals surface area contributed by atoms with E-state index in [9.17, 15) is 0 Å². The normalized spacial score (nSPS) is 23.5. The summed E-state index contributed by atoms with van der Waals surface area (Å²) in [6.45, 7) is 8.46. The first kappa shape index (κ1) is 23.9. The number of nitrogens with one attached hydrogen (secondary N) is 2. The number of hydrogen-bond donors (Lipinski definition) is 2. The van der Waals surface area contributed by atoms with E-state index in [0.29, 0.717) is 6.04 Å². The quantitative estimate of drug-likeness (QED) is 0.289. The van der Waals surface area contributed by atoms with E-state index in [1.54, 1.807) is 0 Å². The van der Waals surface area contributed by atoms with Gasteiger partial charge in [-0.15, -0.1) is 0 Å². The molecule has 192 valence electrons. The highest BCUT2D eigenvalue weighted by atomic mass is 15.0. The van der Waals surface area contributed by atoms with Gasteiger partial charge in [0.25, 0.3) is 0 Å². The largest absolute Gasteiger partial charge is 0.306 e. The molecule has 2 unspecified atom stereocenters. The Kier molecular flexibility index (Phi) is 5.61. The molecule has 2 nitrogen and oxygen atoms in total. The van der Waals surface area contributed by atoms with Crippen LogP contribution in [0.1, 0.15) is 74.4 Å². The van der Waals surface area contributed by atoms with E-state index in [1.807, 2.05) is 0 Å². The van der Waals surface area contributed by atoms with E-state index in [0.717, 1.165) is 6.54 Å². The zero-order valence-electron chi connectivity index (χ0n) is 22.8. The fraction of sp³-hybridized carbons (Fsp3) is 0.333. The first-order valence-corrected chi connectivity index (χ1v) is 14.3. The average molecular weight is 499 g/mol. The van der Waals surface area contributed by atoms with Gasteiger partial charge in [0, 0.05) is 12.6 Å². The molecule has 0 heterocycles. The highest BCUT2D eigenvalue weighted by Gasteiger charge is 2.43. The zero-order valence-corrected chi connectivity index (χ0v) is 22.8. The molecule has 0 radical (unpaired) electrons. The minimum absolute atomic E-state index is 0.212. The molecular formula is C36H38N2. The second-order valence-electron chi connectivity index (χ2n) is 13.0. The smallest absolute Gasteiger partial charge is 0.0591 e. The lowest BCUT2D eigenvalue weighted by Gasteiger charge is -2.48. The van der Waals surface area contributed by atoms with Crippen molar-refractivity contribution >= 4 is 0 Å². The molecule has 4 aromatic carbocycles. The molecule has 4 aromatic rings. The van der Waals surface area contributed by atoms with Crippen molar-refractivity contribution in [3.8, 4) is 22.3 Å². The van der Waals surface area contributed by atoms with E-state index < -0.39 is 0 Å². The molecule has 0 saturated heterocycles. The highest BCUT2D eigenvalue weighted by molar-refractivity contribution is 5.79. The van der Waals surface area contributed by atoms with Gasteiger partial charge in [0.15, 0.2) is 0 Å². The fourth-order valence-electron chi connectivity index (χ4n) is 8.18. The second kappa shape index (κ2) is 8.93. The van der Waals surface area contributed by atoms with Crippen LogP contribution in [0.5, 0.6) is 0 Å². The van der Waals surface area contributed by atoms with E-state index >= 15 is 0 Å². The summed E-state index contributed by atoms with van der Waals surface area (Å²) in [5.74, 6) is 0. The minimum atomic E-state index is 0.212. The maximum Gasteiger partial charge on any atom is 0.0591 e. The standard InChI is InChI=1S/C36H38N2/c1-35(2)20-24(38-34-31-18-10-6-14-27(31)28-15-7-11-19-32(28)34)21-36(3,22-35)23-37-33-29-16-8-4-12-25(29)26-13-5-9-17-30(26)33/h4-19,24,33-34,37-38H,20-23H2,1-3H3. The summed E-state index contributed by atoms with van der Waals surface area (Å²) in [5.41, 5.74) is 11.7. The van der Waals surface area contributed by atoms with Crippen molar-refractivity contribution in [1.29, 1.82) is 0 Å². The van der Waals surface area contributed by atoms with Gasteiger partial charge in [-0.1, -0.05) is 118 Å². The molecule has 3 aliphatic rings. The molecule has 0 bridgehead atoms. The molecule has 1 fully saturated rings. The maximum absolute atomic E-state index is 4.17. The molecule has 2 atom stereocenters. The zero-order chi connectivity index (χ0) is 25.9. The van der Waals surface area contributed by atoms with Crippen LogP contribution in [0.15, 0.2) is 97.1 Å². The SMILES string of the molecule is CC1(C)CC(NC2c3ccccc3-c3ccccc32)CC(C)(CNC2c3ccccc3-c3ccccc32)C1. The highest BCUT2D eigenvalue weighted by Crippen LogP contribution is 2.50. The Bertz CT molecular complexity index is 1410. The lowest BCUT2D eigenvalue weighted by Crippen LogP contribution is -2.49. The average Bonchev–Trinajstić information content (AvgIpc) is 3.40. The Hall–Kier alpha value is -3.20. The molecule has 3 aliphatic carbocycles. The minimum Gasteiger partial charge on any atom is -0.306 e. The summed E-state index contributed by atoms with van der Waals surface area (Å²) in [6.07, 6.45) is 3.62. The summed E-state index contributed by atoms with van der Waals surface area (Å²) in [4.78, 5) is 0. The van der Waals surface area contributed by atoms with Crippen molar-refractivity contribution in [2.75, 3.05) is 6.54 Å². The van der Waals surface area contributed by atoms with Crippen LogP contribution in [0.4, 0.5) is 0 Å². The van der Waals surface area contributed by atoms with Crippen LogP contribution in [0.2, 0.25) is 0 Å². The topological polar surface area (TPSA) is 24.1 Å². The molecule has 2 heteroatoms. The van der Waals surface area contributed by atoms with Gasteiger partial charge in [-0.05, 0) is 74.6 Å². The molecule has 0 spiro atoms. The summed E-state index contributed by atoms with van der Waals surface area (Å²) >= 11 is 0. The van der Waals surface area contributed by atoms with Gasteiger partial charge in [-0.25, -0.2) is 0 Å². The molecule has 2 N–H and O–H groups in total. The Morgan fingerprint density at radius 2 is 1.00 bits per heavy atom. The predicted octanol–water partition coefficient (Wildman–Crippen LogP) is 8.29. The summed E-state index contributed by atoms with van der Waals surface area (Å²) in [7, 11) is 0. The van der Waals surface area contributed by atoms with Crippen molar-refractivity contribution in [2.45, 2.75) is 58.2 Å². The lowest BCUT2D eigenvalue weighted by atomic mass is 9.62.